The molecule has 1 aromatic rings. The van der Waals surface area contributed by atoms with Crippen LogP contribution in [0.5, 0.6) is 5.75 Å². The Hall–Kier alpha value is -1.53. The van der Waals surface area contributed by atoms with Crippen LogP contribution < -0.4 is 10.1 Å². The lowest BCUT2D eigenvalue weighted by Gasteiger charge is -2.38. The first-order chi connectivity index (χ1) is 10.7. The van der Waals surface area contributed by atoms with E-state index < -0.39 is 23.6 Å². The largest absolute Gasteiger partial charge is 0.496 e. The Morgan fingerprint density at radius 2 is 2.13 bits per heavy atom. The molecule has 1 amide bonds. The minimum Gasteiger partial charge on any atom is -0.496 e. The number of halogens is 2. The fourth-order valence-electron chi connectivity index (χ4n) is 2.54. The number of benzene rings is 1. The molecule has 1 unspecified atom stereocenters. The first kappa shape index (κ1) is 17.8. The van der Waals surface area contributed by atoms with Gasteiger partial charge in [0, 0.05) is 25.2 Å². The third-order valence-electron chi connectivity index (χ3n) is 3.52. The molecular formula is C16H22ClFN2O3. The molecule has 0 aliphatic carbocycles. The van der Waals surface area contributed by atoms with Gasteiger partial charge in [-0.05, 0) is 32.9 Å². The zero-order valence-corrected chi connectivity index (χ0v) is 14.5. The molecule has 1 N–H and O–H groups in total. The molecule has 7 heteroatoms. The molecule has 0 saturated carbocycles. The van der Waals surface area contributed by atoms with Crippen LogP contribution in [-0.2, 0) is 4.74 Å². The number of amides is 1. The van der Waals surface area contributed by atoms with Crippen molar-refractivity contribution in [2.24, 2.45) is 0 Å². The number of carbonyl (C=O) groups excluding carboxylic acids is 1. The van der Waals surface area contributed by atoms with Crippen molar-refractivity contribution < 1.29 is 18.7 Å². The number of methoxy groups -OCH3 is 1. The summed E-state index contributed by atoms with van der Waals surface area (Å²) in [7, 11) is 1.49. The molecular weight excluding hydrogens is 323 g/mol. The van der Waals surface area contributed by atoms with E-state index >= 15 is 0 Å². The Kier molecular flexibility index (Phi) is 5.37. The topological polar surface area (TPSA) is 50.8 Å². The van der Waals surface area contributed by atoms with Gasteiger partial charge < -0.3 is 14.8 Å². The minimum absolute atomic E-state index is 0.0355. The predicted octanol–water partition coefficient (Wildman–Crippen LogP) is 3.37. The standard InChI is InChI=1S/C16H22ClFN2O3/c1-16(2,3)23-15(21)20-8-7-19-9-11(20)13-12(22-4)6-5-10(18)14(13)17/h5-6,11,19H,7-9H2,1-4H3. The molecule has 1 fully saturated rings. The monoisotopic (exact) mass is 344 g/mol. The van der Waals surface area contributed by atoms with Gasteiger partial charge in [0.25, 0.3) is 0 Å². The molecule has 1 atom stereocenters. The molecule has 1 aliphatic rings. The van der Waals surface area contributed by atoms with Gasteiger partial charge in [0.1, 0.15) is 17.2 Å². The van der Waals surface area contributed by atoms with Crippen molar-refractivity contribution in [2.75, 3.05) is 26.7 Å². The molecule has 0 bridgehead atoms. The van der Waals surface area contributed by atoms with Crippen LogP contribution in [-0.4, -0.2) is 43.3 Å². The summed E-state index contributed by atoms with van der Waals surface area (Å²) in [6.07, 6.45) is -0.452. The van der Waals surface area contributed by atoms with Crippen molar-refractivity contribution >= 4 is 17.7 Å². The number of hydrogen-bond acceptors (Lipinski definition) is 4. The summed E-state index contributed by atoms with van der Waals surface area (Å²) in [5.41, 5.74) is -0.158. The van der Waals surface area contributed by atoms with E-state index in [-0.39, 0.29) is 5.02 Å². The highest BCUT2D eigenvalue weighted by atomic mass is 35.5. The number of nitrogens with one attached hydrogen (secondary N) is 1. The Morgan fingerprint density at radius 3 is 2.74 bits per heavy atom. The minimum atomic E-state index is -0.609. The first-order valence-electron chi connectivity index (χ1n) is 7.47. The van der Waals surface area contributed by atoms with E-state index in [9.17, 15) is 9.18 Å². The lowest BCUT2D eigenvalue weighted by molar-refractivity contribution is 0.0115. The molecule has 23 heavy (non-hydrogen) atoms. The van der Waals surface area contributed by atoms with E-state index in [2.05, 4.69) is 5.32 Å². The van der Waals surface area contributed by atoms with Gasteiger partial charge in [-0.25, -0.2) is 9.18 Å². The van der Waals surface area contributed by atoms with Crippen molar-refractivity contribution in [3.63, 3.8) is 0 Å². The van der Waals surface area contributed by atoms with Crippen LogP contribution in [0.3, 0.4) is 0 Å². The SMILES string of the molecule is COc1ccc(F)c(Cl)c1C1CNCCN1C(=O)OC(C)(C)C. The Bertz CT molecular complexity index is 589. The number of nitrogens with zero attached hydrogens (tertiary/aromatic N) is 1. The van der Waals surface area contributed by atoms with Crippen molar-refractivity contribution in [2.45, 2.75) is 32.4 Å². The van der Waals surface area contributed by atoms with E-state index in [0.29, 0.717) is 30.9 Å². The Labute approximate surface area is 140 Å². The van der Waals surface area contributed by atoms with Crippen LogP contribution in [0.2, 0.25) is 5.02 Å². The fourth-order valence-corrected chi connectivity index (χ4v) is 2.82. The van der Waals surface area contributed by atoms with Gasteiger partial charge in [-0.15, -0.1) is 0 Å². The van der Waals surface area contributed by atoms with Crippen molar-refractivity contribution in [1.82, 2.24) is 10.2 Å². The maximum atomic E-state index is 13.9. The summed E-state index contributed by atoms with van der Waals surface area (Å²) in [5.74, 6) is -0.101. The average molecular weight is 345 g/mol. The quantitative estimate of drug-likeness (QED) is 0.893. The van der Waals surface area contributed by atoms with Gasteiger partial charge >= 0.3 is 6.09 Å². The third kappa shape index (κ3) is 4.06. The predicted molar refractivity (Wildman–Crippen MR) is 86.5 cm³/mol. The molecule has 1 saturated heterocycles. The van der Waals surface area contributed by atoms with Crippen LogP contribution in [0.15, 0.2) is 12.1 Å². The maximum absolute atomic E-state index is 13.9. The smallest absolute Gasteiger partial charge is 0.410 e. The zero-order chi connectivity index (χ0) is 17.2. The molecule has 0 radical (unpaired) electrons. The van der Waals surface area contributed by atoms with E-state index in [1.165, 1.54) is 19.2 Å². The fraction of sp³-hybridized carbons (Fsp3) is 0.562. The van der Waals surface area contributed by atoms with Crippen LogP contribution in [0.1, 0.15) is 32.4 Å². The van der Waals surface area contributed by atoms with Crippen LogP contribution in [0, 0.1) is 5.82 Å². The van der Waals surface area contributed by atoms with Gasteiger partial charge in [0.05, 0.1) is 18.2 Å². The van der Waals surface area contributed by atoms with Crippen molar-refractivity contribution in [3.8, 4) is 5.75 Å². The van der Waals surface area contributed by atoms with E-state index in [1.807, 2.05) is 0 Å². The normalized spacial score (nSPS) is 18.7. The summed E-state index contributed by atoms with van der Waals surface area (Å²) in [6.45, 7) is 6.92. The second kappa shape index (κ2) is 6.93. The zero-order valence-electron chi connectivity index (χ0n) is 13.8. The highest BCUT2D eigenvalue weighted by Crippen LogP contribution is 2.38. The lowest BCUT2D eigenvalue weighted by atomic mass is 10.0. The highest BCUT2D eigenvalue weighted by molar-refractivity contribution is 6.31. The lowest BCUT2D eigenvalue weighted by Crippen LogP contribution is -2.50. The molecule has 1 heterocycles. The maximum Gasteiger partial charge on any atom is 0.410 e. The summed E-state index contributed by atoms with van der Waals surface area (Å²) in [5, 5.41) is 3.16. The van der Waals surface area contributed by atoms with Gasteiger partial charge in [0.15, 0.2) is 0 Å². The van der Waals surface area contributed by atoms with E-state index in [4.69, 9.17) is 21.1 Å². The summed E-state index contributed by atoms with van der Waals surface area (Å²) < 4.78 is 24.7. The molecule has 5 nitrogen and oxygen atoms in total. The number of rotatable bonds is 2. The van der Waals surface area contributed by atoms with Gasteiger partial charge in [-0.2, -0.15) is 0 Å². The van der Waals surface area contributed by atoms with Crippen LogP contribution in [0.25, 0.3) is 0 Å². The number of ether oxygens (including phenoxy) is 2. The first-order valence-corrected chi connectivity index (χ1v) is 7.84. The molecule has 1 aromatic carbocycles. The number of hydrogen-bond donors (Lipinski definition) is 1. The summed E-state index contributed by atoms with van der Waals surface area (Å²) >= 11 is 6.15. The average Bonchev–Trinajstić information content (AvgIpc) is 2.48. The number of piperazine rings is 1. The van der Waals surface area contributed by atoms with Crippen molar-refractivity contribution in [3.05, 3.63) is 28.5 Å². The second-order valence-electron chi connectivity index (χ2n) is 6.37. The van der Waals surface area contributed by atoms with E-state index in [0.717, 1.165) is 0 Å². The summed E-state index contributed by atoms with van der Waals surface area (Å²) in [4.78, 5) is 14.1. The highest BCUT2D eigenvalue weighted by Gasteiger charge is 2.34. The van der Waals surface area contributed by atoms with Gasteiger partial charge in [-0.1, -0.05) is 11.6 Å². The van der Waals surface area contributed by atoms with E-state index in [1.54, 1.807) is 25.7 Å². The molecule has 0 aromatic heterocycles. The summed E-state index contributed by atoms with van der Waals surface area (Å²) in [6, 6.07) is 2.30. The molecule has 128 valence electrons. The number of carbonyl (C=O) groups is 1. The molecule has 0 spiro atoms. The molecule has 1 aliphatic heterocycles. The second-order valence-corrected chi connectivity index (χ2v) is 6.75. The van der Waals surface area contributed by atoms with Crippen LogP contribution >= 0.6 is 11.6 Å². The van der Waals surface area contributed by atoms with Gasteiger partial charge in [0.2, 0.25) is 0 Å². The van der Waals surface area contributed by atoms with Gasteiger partial charge in [-0.3, -0.25) is 4.90 Å². The Balaban J connectivity index is 2.39. The Morgan fingerprint density at radius 1 is 1.43 bits per heavy atom. The third-order valence-corrected chi connectivity index (χ3v) is 3.90. The van der Waals surface area contributed by atoms with Crippen molar-refractivity contribution in [1.29, 1.82) is 0 Å². The van der Waals surface area contributed by atoms with Crippen LogP contribution in [0.4, 0.5) is 9.18 Å². The molecule has 2 rings (SSSR count).